The number of nitrogens with one attached hydrogen (secondary N) is 2. The van der Waals surface area contributed by atoms with Crippen LogP contribution < -0.4 is 5.32 Å². The maximum Gasteiger partial charge on any atom is 0.306 e. The van der Waals surface area contributed by atoms with E-state index in [0.29, 0.717) is 28.8 Å². The van der Waals surface area contributed by atoms with E-state index in [1.54, 1.807) is 0 Å². The number of thioether (sulfide) groups is 1. The number of aromatic amines is 1. The van der Waals surface area contributed by atoms with Crippen LogP contribution in [-0.4, -0.2) is 29.2 Å². The number of amides is 1. The quantitative estimate of drug-likeness (QED) is 0.379. The summed E-state index contributed by atoms with van der Waals surface area (Å²) < 4.78 is 29.6. The summed E-state index contributed by atoms with van der Waals surface area (Å²) in [5.74, 6) is -3.42. The molecule has 0 aliphatic carbocycles. The Morgan fingerprint density at radius 3 is 2.62 bits per heavy atom. The monoisotopic (exact) mass is 418 g/mol. The van der Waals surface area contributed by atoms with Crippen molar-refractivity contribution in [2.24, 2.45) is 0 Å². The number of carbonyl (C=O) groups excluding carboxylic acids is 2. The van der Waals surface area contributed by atoms with Crippen LogP contribution >= 0.6 is 11.8 Å². The molecule has 0 atom stereocenters. The van der Waals surface area contributed by atoms with E-state index in [1.165, 1.54) is 24.3 Å². The molecule has 0 unspecified atom stereocenters. The molecular formula is C21H20F2N2O3S. The minimum absolute atomic E-state index is 0.215. The van der Waals surface area contributed by atoms with Crippen molar-refractivity contribution in [3.63, 3.8) is 0 Å². The summed E-state index contributed by atoms with van der Waals surface area (Å²) in [5.41, 5.74) is 2.64. The van der Waals surface area contributed by atoms with Crippen LogP contribution in [0.3, 0.4) is 0 Å². The van der Waals surface area contributed by atoms with E-state index in [9.17, 15) is 18.4 Å². The summed E-state index contributed by atoms with van der Waals surface area (Å²) in [4.78, 5) is 27.3. The zero-order valence-corrected chi connectivity index (χ0v) is 16.3. The smallest absolute Gasteiger partial charge is 0.306 e. The fourth-order valence-corrected chi connectivity index (χ4v) is 3.40. The standard InChI is InChI=1S/C21H20F2N2O3S/c22-21(23)29-16-10-8-15(9-11-16)25-19(26)13-28-20(27)7-3-4-14-12-24-18-6-2-1-5-17(14)18/h1-2,5-6,8-12,21,24H,3-4,7,13H2,(H,25,26). The van der Waals surface area contributed by atoms with Gasteiger partial charge in [-0.25, -0.2) is 0 Å². The van der Waals surface area contributed by atoms with Gasteiger partial charge in [0.05, 0.1) is 0 Å². The molecule has 0 aliphatic rings. The molecule has 2 aromatic carbocycles. The number of para-hydroxylation sites is 1. The Balaban J connectivity index is 1.37. The zero-order chi connectivity index (χ0) is 20.6. The van der Waals surface area contributed by atoms with Gasteiger partial charge in [-0.1, -0.05) is 30.0 Å². The molecule has 0 fully saturated rings. The van der Waals surface area contributed by atoms with Gasteiger partial charge in [-0.15, -0.1) is 0 Å². The highest BCUT2D eigenvalue weighted by molar-refractivity contribution is 7.99. The van der Waals surface area contributed by atoms with Crippen LogP contribution in [0.5, 0.6) is 0 Å². The molecule has 0 spiro atoms. The second-order valence-corrected chi connectivity index (χ2v) is 7.39. The lowest BCUT2D eigenvalue weighted by atomic mass is 10.1. The third-order valence-electron chi connectivity index (χ3n) is 4.23. The first-order valence-corrected chi connectivity index (χ1v) is 9.94. The first-order chi connectivity index (χ1) is 14.0. The summed E-state index contributed by atoms with van der Waals surface area (Å²) in [5, 5.41) is 3.70. The van der Waals surface area contributed by atoms with Gasteiger partial charge in [-0.2, -0.15) is 8.78 Å². The number of anilines is 1. The molecule has 1 amide bonds. The van der Waals surface area contributed by atoms with Crippen molar-refractivity contribution in [1.82, 2.24) is 4.98 Å². The molecule has 1 heterocycles. The van der Waals surface area contributed by atoms with Crippen molar-refractivity contribution in [2.75, 3.05) is 11.9 Å². The van der Waals surface area contributed by atoms with E-state index in [2.05, 4.69) is 10.3 Å². The van der Waals surface area contributed by atoms with Crippen molar-refractivity contribution in [1.29, 1.82) is 0 Å². The van der Waals surface area contributed by atoms with Gasteiger partial charge in [0.2, 0.25) is 0 Å². The summed E-state index contributed by atoms with van der Waals surface area (Å²) in [6.45, 7) is -0.389. The number of hydrogen-bond acceptors (Lipinski definition) is 4. The molecule has 0 radical (unpaired) electrons. The van der Waals surface area contributed by atoms with Gasteiger partial charge in [0.25, 0.3) is 11.7 Å². The summed E-state index contributed by atoms with van der Waals surface area (Å²) in [6, 6.07) is 14.0. The molecule has 2 N–H and O–H groups in total. The number of fused-ring (bicyclic) bond motifs is 1. The highest BCUT2D eigenvalue weighted by Gasteiger charge is 2.10. The number of esters is 1. The van der Waals surface area contributed by atoms with Crippen LogP contribution in [0.2, 0.25) is 0 Å². The molecule has 0 saturated carbocycles. The first-order valence-electron chi connectivity index (χ1n) is 9.06. The Hall–Kier alpha value is -2.87. The lowest BCUT2D eigenvalue weighted by Gasteiger charge is -2.07. The Labute approximate surface area is 170 Å². The van der Waals surface area contributed by atoms with E-state index in [-0.39, 0.29) is 13.0 Å². The molecule has 29 heavy (non-hydrogen) atoms. The predicted octanol–water partition coefficient (Wildman–Crippen LogP) is 4.99. The summed E-state index contributed by atoms with van der Waals surface area (Å²) in [6.07, 6.45) is 3.50. The fraction of sp³-hybridized carbons (Fsp3) is 0.238. The van der Waals surface area contributed by atoms with Gasteiger partial charge in [-0.3, -0.25) is 9.59 Å². The molecule has 152 valence electrons. The number of alkyl halides is 2. The van der Waals surface area contributed by atoms with Crippen LogP contribution in [0.4, 0.5) is 14.5 Å². The molecule has 3 rings (SSSR count). The van der Waals surface area contributed by atoms with E-state index >= 15 is 0 Å². The number of benzene rings is 2. The minimum atomic E-state index is -2.49. The number of ether oxygens (including phenoxy) is 1. The topological polar surface area (TPSA) is 71.2 Å². The Kier molecular flexibility index (Phi) is 7.24. The van der Waals surface area contributed by atoms with Gasteiger partial charge in [0.15, 0.2) is 6.61 Å². The number of aromatic nitrogens is 1. The van der Waals surface area contributed by atoms with Crippen molar-refractivity contribution in [3.8, 4) is 0 Å². The second kappa shape index (κ2) is 10.1. The van der Waals surface area contributed by atoms with Gasteiger partial charge in [0, 0.05) is 34.1 Å². The molecule has 3 aromatic rings. The SMILES string of the molecule is O=C(COC(=O)CCCc1c[nH]c2ccccc12)Nc1ccc(SC(F)F)cc1. The predicted molar refractivity (Wildman–Crippen MR) is 109 cm³/mol. The van der Waals surface area contributed by atoms with Crippen LogP contribution in [-0.2, 0) is 20.7 Å². The lowest BCUT2D eigenvalue weighted by Crippen LogP contribution is -2.20. The van der Waals surface area contributed by atoms with Crippen molar-refractivity contribution in [2.45, 2.75) is 29.9 Å². The second-order valence-electron chi connectivity index (χ2n) is 6.32. The third-order valence-corrected chi connectivity index (χ3v) is 4.95. The Morgan fingerprint density at radius 2 is 1.86 bits per heavy atom. The zero-order valence-electron chi connectivity index (χ0n) is 15.5. The molecule has 1 aromatic heterocycles. The van der Waals surface area contributed by atoms with Crippen LogP contribution in [0.25, 0.3) is 10.9 Å². The number of halogens is 2. The first kappa shape index (κ1) is 20.9. The van der Waals surface area contributed by atoms with Gasteiger partial charge in [0.1, 0.15) is 0 Å². The normalized spacial score (nSPS) is 11.0. The van der Waals surface area contributed by atoms with E-state index in [4.69, 9.17) is 4.74 Å². The highest BCUT2D eigenvalue weighted by Crippen LogP contribution is 2.26. The fourth-order valence-electron chi connectivity index (χ4n) is 2.90. The number of carbonyl (C=O) groups is 2. The van der Waals surface area contributed by atoms with Gasteiger partial charge < -0.3 is 15.0 Å². The average Bonchev–Trinajstić information content (AvgIpc) is 3.11. The molecule has 0 bridgehead atoms. The minimum Gasteiger partial charge on any atom is -0.456 e. The van der Waals surface area contributed by atoms with Crippen molar-refractivity contribution < 1.29 is 23.1 Å². The van der Waals surface area contributed by atoms with Gasteiger partial charge in [-0.05, 0) is 48.7 Å². The van der Waals surface area contributed by atoms with E-state index in [1.807, 2.05) is 30.5 Å². The lowest BCUT2D eigenvalue weighted by molar-refractivity contribution is -0.147. The number of aryl methyl sites for hydroxylation is 1. The largest absolute Gasteiger partial charge is 0.456 e. The molecule has 0 saturated heterocycles. The maximum absolute atomic E-state index is 12.3. The Morgan fingerprint density at radius 1 is 1.10 bits per heavy atom. The van der Waals surface area contributed by atoms with Crippen molar-refractivity contribution >= 4 is 40.2 Å². The molecule has 0 aliphatic heterocycles. The van der Waals surface area contributed by atoms with Crippen LogP contribution in [0, 0.1) is 0 Å². The number of H-pyrrole nitrogens is 1. The molecule has 5 nitrogen and oxygen atoms in total. The summed E-state index contributed by atoms with van der Waals surface area (Å²) in [7, 11) is 0. The number of hydrogen-bond donors (Lipinski definition) is 2. The van der Waals surface area contributed by atoms with E-state index in [0.717, 1.165) is 22.9 Å². The molecule has 8 heteroatoms. The Bertz CT molecular complexity index is 973. The average molecular weight is 418 g/mol. The molecular weight excluding hydrogens is 398 g/mol. The van der Waals surface area contributed by atoms with Crippen LogP contribution in [0.1, 0.15) is 18.4 Å². The number of rotatable bonds is 9. The maximum atomic E-state index is 12.3. The highest BCUT2D eigenvalue weighted by atomic mass is 32.2. The van der Waals surface area contributed by atoms with Crippen LogP contribution in [0.15, 0.2) is 59.6 Å². The van der Waals surface area contributed by atoms with E-state index < -0.39 is 17.6 Å². The van der Waals surface area contributed by atoms with Crippen molar-refractivity contribution in [3.05, 3.63) is 60.3 Å². The van der Waals surface area contributed by atoms with Gasteiger partial charge >= 0.3 is 5.97 Å². The summed E-state index contributed by atoms with van der Waals surface area (Å²) >= 11 is 0.430. The third kappa shape index (κ3) is 6.32.